The predicted octanol–water partition coefficient (Wildman–Crippen LogP) is 3.02. The van der Waals surface area contributed by atoms with Crippen molar-refractivity contribution in [1.29, 1.82) is 0 Å². The van der Waals surface area contributed by atoms with Crippen molar-refractivity contribution in [2.75, 3.05) is 19.6 Å². The van der Waals surface area contributed by atoms with Gasteiger partial charge in [0.05, 0.1) is 0 Å². The summed E-state index contributed by atoms with van der Waals surface area (Å²) in [6, 6.07) is 0. The number of nitrogens with two attached hydrogens (primary N) is 1. The molecule has 0 saturated heterocycles. The molecule has 2 N–H and O–H groups in total. The Kier molecular flexibility index (Phi) is 5.77. The zero-order valence-corrected chi connectivity index (χ0v) is 11.5. The third-order valence-corrected chi connectivity index (χ3v) is 4.36. The highest BCUT2D eigenvalue weighted by Gasteiger charge is 2.32. The van der Waals surface area contributed by atoms with Crippen LogP contribution in [0.25, 0.3) is 0 Å². The first-order valence-corrected chi connectivity index (χ1v) is 7.17. The van der Waals surface area contributed by atoms with Crippen LogP contribution < -0.4 is 5.73 Å². The van der Waals surface area contributed by atoms with Gasteiger partial charge in [0.15, 0.2) is 0 Å². The highest BCUT2D eigenvalue weighted by atomic mass is 15.2. The average molecular weight is 226 g/mol. The number of hydrogen-bond acceptors (Lipinski definition) is 2. The van der Waals surface area contributed by atoms with E-state index in [0.717, 1.165) is 12.5 Å². The van der Waals surface area contributed by atoms with E-state index in [0.29, 0.717) is 0 Å². The number of nitrogens with zero attached hydrogens (tertiary/aromatic N) is 1. The largest absolute Gasteiger partial charge is 0.329 e. The van der Waals surface area contributed by atoms with E-state index in [4.69, 9.17) is 5.73 Å². The normalized spacial score (nSPS) is 17.1. The smallest absolute Gasteiger partial charge is 0.0326 e. The summed E-state index contributed by atoms with van der Waals surface area (Å²) in [6.07, 6.45) is 7.94. The van der Waals surface area contributed by atoms with Gasteiger partial charge in [-0.3, -0.25) is 4.90 Å². The molecule has 0 aromatic heterocycles. The molecule has 2 heteroatoms. The van der Waals surface area contributed by atoms with Gasteiger partial charge in [0.1, 0.15) is 0 Å². The molecule has 0 unspecified atom stereocenters. The second-order valence-corrected chi connectivity index (χ2v) is 5.35. The van der Waals surface area contributed by atoms with Crippen molar-refractivity contribution in [1.82, 2.24) is 4.90 Å². The second-order valence-electron chi connectivity index (χ2n) is 5.35. The molecule has 1 aliphatic rings. The van der Waals surface area contributed by atoms with E-state index < -0.39 is 0 Å². The van der Waals surface area contributed by atoms with Crippen LogP contribution in [0.1, 0.15) is 59.3 Å². The van der Waals surface area contributed by atoms with Crippen LogP contribution in [0.5, 0.6) is 0 Å². The van der Waals surface area contributed by atoms with E-state index in [-0.39, 0.29) is 5.54 Å². The summed E-state index contributed by atoms with van der Waals surface area (Å²) in [7, 11) is 0. The van der Waals surface area contributed by atoms with Gasteiger partial charge in [0.2, 0.25) is 0 Å². The Morgan fingerprint density at radius 3 is 2.12 bits per heavy atom. The molecular formula is C14H30N2. The van der Waals surface area contributed by atoms with Crippen LogP contribution in [-0.2, 0) is 0 Å². The Hall–Kier alpha value is -0.0800. The van der Waals surface area contributed by atoms with Gasteiger partial charge in [-0.05, 0) is 44.7 Å². The molecule has 1 saturated carbocycles. The van der Waals surface area contributed by atoms with Gasteiger partial charge in [0.25, 0.3) is 0 Å². The molecule has 1 aliphatic carbocycles. The monoisotopic (exact) mass is 226 g/mol. The summed E-state index contributed by atoms with van der Waals surface area (Å²) in [6.45, 7) is 10.1. The molecule has 0 amide bonds. The first-order valence-electron chi connectivity index (χ1n) is 7.17. The summed E-state index contributed by atoms with van der Waals surface area (Å²) < 4.78 is 0. The van der Waals surface area contributed by atoms with E-state index in [9.17, 15) is 0 Å². The van der Waals surface area contributed by atoms with Gasteiger partial charge in [-0.2, -0.15) is 0 Å². The highest BCUT2D eigenvalue weighted by Crippen LogP contribution is 2.34. The maximum absolute atomic E-state index is 6.04. The van der Waals surface area contributed by atoms with Crippen LogP contribution in [0.3, 0.4) is 0 Å². The molecule has 2 nitrogen and oxygen atoms in total. The maximum Gasteiger partial charge on any atom is 0.0326 e. The van der Waals surface area contributed by atoms with E-state index in [2.05, 4.69) is 25.7 Å². The summed E-state index contributed by atoms with van der Waals surface area (Å²) in [5.41, 5.74) is 6.31. The van der Waals surface area contributed by atoms with Crippen molar-refractivity contribution in [3.63, 3.8) is 0 Å². The summed E-state index contributed by atoms with van der Waals surface area (Å²) in [5.74, 6) is 1.03. The van der Waals surface area contributed by atoms with Crippen LogP contribution in [0.4, 0.5) is 0 Å². The van der Waals surface area contributed by atoms with Gasteiger partial charge < -0.3 is 5.73 Å². The molecule has 0 spiro atoms. The molecule has 16 heavy (non-hydrogen) atoms. The molecule has 0 radical (unpaired) electrons. The quantitative estimate of drug-likeness (QED) is 0.655. The SMILES string of the molecule is CCCN(CCC1CC1)C(CC)(CC)CN. The third kappa shape index (κ3) is 3.46. The van der Waals surface area contributed by atoms with Crippen molar-refractivity contribution in [3.05, 3.63) is 0 Å². The molecule has 0 aliphatic heterocycles. The standard InChI is InChI=1S/C14H30N2/c1-4-10-16(11-9-13-7-8-13)14(5-2,6-3)12-15/h13H,4-12,15H2,1-3H3. The Balaban J connectivity index is 2.54. The number of hydrogen-bond donors (Lipinski definition) is 1. The minimum Gasteiger partial charge on any atom is -0.329 e. The Morgan fingerprint density at radius 2 is 1.75 bits per heavy atom. The fourth-order valence-electron chi connectivity index (χ4n) is 2.72. The molecule has 1 fully saturated rings. The molecular weight excluding hydrogens is 196 g/mol. The molecule has 0 heterocycles. The average Bonchev–Trinajstić information content (AvgIpc) is 3.12. The zero-order chi connectivity index (χ0) is 12.0. The topological polar surface area (TPSA) is 29.3 Å². The Morgan fingerprint density at radius 1 is 1.12 bits per heavy atom. The fourth-order valence-corrected chi connectivity index (χ4v) is 2.72. The van der Waals surface area contributed by atoms with Crippen molar-refractivity contribution >= 4 is 0 Å². The van der Waals surface area contributed by atoms with Crippen LogP contribution in [0.15, 0.2) is 0 Å². The summed E-state index contributed by atoms with van der Waals surface area (Å²) in [4.78, 5) is 2.67. The van der Waals surface area contributed by atoms with Crippen molar-refractivity contribution in [2.24, 2.45) is 11.7 Å². The lowest BCUT2D eigenvalue weighted by molar-refractivity contribution is 0.0816. The van der Waals surface area contributed by atoms with Gasteiger partial charge in [-0.25, -0.2) is 0 Å². The minimum atomic E-state index is 0.269. The Bertz CT molecular complexity index is 175. The molecule has 96 valence electrons. The number of rotatable bonds is 9. The second kappa shape index (κ2) is 6.61. The lowest BCUT2D eigenvalue weighted by Crippen LogP contribution is -2.53. The van der Waals surface area contributed by atoms with E-state index in [1.165, 1.54) is 51.6 Å². The lowest BCUT2D eigenvalue weighted by atomic mass is 9.90. The predicted molar refractivity (Wildman–Crippen MR) is 71.6 cm³/mol. The van der Waals surface area contributed by atoms with Gasteiger partial charge in [-0.1, -0.05) is 33.6 Å². The van der Waals surface area contributed by atoms with Crippen LogP contribution in [0, 0.1) is 5.92 Å². The first kappa shape index (κ1) is 14.0. The molecule has 0 bridgehead atoms. The molecule has 0 aromatic rings. The lowest BCUT2D eigenvalue weighted by Gasteiger charge is -2.42. The highest BCUT2D eigenvalue weighted by molar-refractivity contribution is 4.90. The van der Waals surface area contributed by atoms with Gasteiger partial charge in [-0.15, -0.1) is 0 Å². The van der Waals surface area contributed by atoms with Crippen LogP contribution >= 0.6 is 0 Å². The third-order valence-electron chi connectivity index (χ3n) is 4.36. The minimum absolute atomic E-state index is 0.269. The maximum atomic E-state index is 6.04. The van der Waals surface area contributed by atoms with E-state index in [1.807, 2.05) is 0 Å². The van der Waals surface area contributed by atoms with Crippen molar-refractivity contribution in [3.8, 4) is 0 Å². The molecule has 1 rings (SSSR count). The first-order chi connectivity index (χ1) is 7.72. The van der Waals surface area contributed by atoms with E-state index >= 15 is 0 Å². The molecule has 0 atom stereocenters. The fraction of sp³-hybridized carbons (Fsp3) is 1.00. The van der Waals surface area contributed by atoms with Crippen molar-refractivity contribution in [2.45, 2.75) is 64.8 Å². The van der Waals surface area contributed by atoms with Crippen molar-refractivity contribution < 1.29 is 0 Å². The van der Waals surface area contributed by atoms with Crippen LogP contribution in [-0.4, -0.2) is 30.1 Å². The van der Waals surface area contributed by atoms with E-state index in [1.54, 1.807) is 0 Å². The van der Waals surface area contributed by atoms with Gasteiger partial charge >= 0.3 is 0 Å². The summed E-state index contributed by atoms with van der Waals surface area (Å²) >= 11 is 0. The molecule has 0 aromatic carbocycles. The van der Waals surface area contributed by atoms with Gasteiger partial charge in [0, 0.05) is 12.1 Å². The summed E-state index contributed by atoms with van der Waals surface area (Å²) in [5, 5.41) is 0. The van der Waals surface area contributed by atoms with Crippen LogP contribution in [0.2, 0.25) is 0 Å². The Labute approximate surface area is 102 Å². The zero-order valence-electron chi connectivity index (χ0n) is 11.5.